The van der Waals surface area contributed by atoms with E-state index in [1.807, 2.05) is 41.2 Å². The maximum atomic E-state index is 9.07. The zero-order valence-corrected chi connectivity index (χ0v) is 12.7. The predicted molar refractivity (Wildman–Crippen MR) is 85.4 cm³/mol. The molecule has 0 fully saturated rings. The number of aromatic nitrogens is 2. The summed E-state index contributed by atoms with van der Waals surface area (Å²) in [5.74, 6) is 0.559. The summed E-state index contributed by atoms with van der Waals surface area (Å²) in [5, 5.41) is 16.9. The summed E-state index contributed by atoms with van der Waals surface area (Å²) < 4.78 is 1.90. The number of nitrogens with zero attached hydrogens (tertiary/aromatic N) is 2. The minimum atomic E-state index is 0.276. The number of benzene rings is 1. The monoisotopic (exact) mass is 287 g/mol. The fraction of sp³-hybridized carbons (Fsp3) is 0.471. The van der Waals surface area contributed by atoms with Gasteiger partial charge in [0.2, 0.25) is 0 Å². The fourth-order valence-corrected chi connectivity index (χ4v) is 2.53. The van der Waals surface area contributed by atoms with Crippen LogP contribution in [0.1, 0.15) is 31.7 Å². The molecule has 0 aliphatic heterocycles. The molecule has 0 radical (unpaired) electrons. The van der Waals surface area contributed by atoms with E-state index < -0.39 is 0 Å². The third-order valence-corrected chi connectivity index (χ3v) is 3.65. The van der Waals surface area contributed by atoms with Crippen molar-refractivity contribution in [2.45, 2.75) is 32.7 Å². The van der Waals surface area contributed by atoms with Gasteiger partial charge in [-0.3, -0.25) is 0 Å². The minimum Gasteiger partial charge on any atom is -0.396 e. The Hall–Kier alpha value is -1.65. The topological polar surface area (TPSA) is 50.1 Å². The summed E-state index contributed by atoms with van der Waals surface area (Å²) >= 11 is 0. The Kier molecular flexibility index (Phi) is 6.44. The first kappa shape index (κ1) is 15.7. The molecule has 0 bridgehead atoms. The van der Waals surface area contributed by atoms with Crippen LogP contribution in [0.2, 0.25) is 0 Å². The largest absolute Gasteiger partial charge is 0.396 e. The van der Waals surface area contributed by atoms with E-state index in [1.54, 1.807) is 0 Å². The molecule has 1 atom stereocenters. The Balaban J connectivity index is 1.83. The summed E-state index contributed by atoms with van der Waals surface area (Å²) in [6, 6.07) is 10.1. The Morgan fingerprint density at radius 3 is 2.76 bits per heavy atom. The number of rotatable bonds is 9. The quantitative estimate of drug-likeness (QED) is 0.745. The summed E-state index contributed by atoms with van der Waals surface area (Å²) in [6.45, 7) is 4.23. The molecule has 2 N–H and O–H groups in total. The normalized spacial score (nSPS) is 12.5. The molecule has 0 saturated carbocycles. The molecule has 1 heterocycles. The maximum Gasteiger partial charge on any atom is 0.0645 e. The third kappa shape index (κ3) is 4.99. The van der Waals surface area contributed by atoms with Gasteiger partial charge in [0.05, 0.1) is 11.9 Å². The average Bonchev–Trinajstić information content (AvgIpc) is 2.97. The van der Waals surface area contributed by atoms with Crippen LogP contribution < -0.4 is 5.32 Å². The van der Waals surface area contributed by atoms with Gasteiger partial charge >= 0.3 is 0 Å². The third-order valence-electron chi connectivity index (χ3n) is 3.65. The van der Waals surface area contributed by atoms with Gasteiger partial charge in [0.25, 0.3) is 0 Å². The van der Waals surface area contributed by atoms with Crippen molar-refractivity contribution in [1.82, 2.24) is 15.1 Å². The van der Waals surface area contributed by atoms with Crippen molar-refractivity contribution in [3.8, 4) is 5.69 Å². The second-order valence-corrected chi connectivity index (χ2v) is 5.43. The summed E-state index contributed by atoms with van der Waals surface area (Å²) in [7, 11) is 0. The molecule has 1 unspecified atom stereocenters. The van der Waals surface area contributed by atoms with Crippen LogP contribution in [-0.2, 0) is 6.54 Å². The van der Waals surface area contributed by atoms with Crippen LogP contribution in [0.3, 0.4) is 0 Å². The lowest BCUT2D eigenvalue weighted by Gasteiger charge is -2.15. The van der Waals surface area contributed by atoms with Gasteiger partial charge in [-0.15, -0.1) is 0 Å². The first-order valence-corrected chi connectivity index (χ1v) is 7.74. The molecule has 2 rings (SSSR count). The van der Waals surface area contributed by atoms with Crippen molar-refractivity contribution in [2.24, 2.45) is 5.92 Å². The standard InChI is InChI=1S/C17H25N3O/c1-2-6-15(9-10-21)11-18-12-16-13-19-20(14-16)17-7-4-3-5-8-17/h3-5,7-8,13-15,18,21H,2,6,9-12H2,1H3. The highest BCUT2D eigenvalue weighted by Crippen LogP contribution is 2.10. The average molecular weight is 287 g/mol. The molecule has 0 spiro atoms. The van der Waals surface area contributed by atoms with Gasteiger partial charge in [-0.1, -0.05) is 31.5 Å². The van der Waals surface area contributed by atoms with Crippen molar-refractivity contribution < 1.29 is 5.11 Å². The highest BCUT2D eigenvalue weighted by Gasteiger charge is 2.07. The number of aliphatic hydroxyl groups is 1. The molecule has 114 valence electrons. The van der Waals surface area contributed by atoms with Crippen LogP contribution in [-0.4, -0.2) is 28.0 Å². The Morgan fingerprint density at radius 2 is 2.05 bits per heavy atom. The van der Waals surface area contributed by atoms with E-state index in [9.17, 15) is 0 Å². The van der Waals surface area contributed by atoms with Crippen LogP contribution in [0, 0.1) is 5.92 Å². The number of hydrogen-bond donors (Lipinski definition) is 2. The lowest BCUT2D eigenvalue weighted by molar-refractivity contribution is 0.248. The number of aliphatic hydroxyl groups excluding tert-OH is 1. The lowest BCUT2D eigenvalue weighted by atomic mass is 10.0. The van der Waals surface area contributed by atoms with Gasteiger partial charge in [0, 0.05) is 24.9 Å². The smallest absolute Gasteiger partial charge is 0.0645 e. The lowest BCUT2D eigenvalue weighted by Crippen LogP contribution is -2.23. The van der Waals surface area contributed by atoms with E-state index in [0.29, 0.717) is 5.92 Å². The van der Waals surface area contributed by atoms with Gasteiger partial charge in [0.1, 0.15) is 0 Å². The molecule has 21 heavy (non-hydrogen) atoms. The Labute approximate surface area is 126 Å². The highest BCUT2D eigenvalue weighted by molar-refractivity contribution is 5.30. The minimum absolute atomic E-state index is 0.276. The van der Waals surface area contributed by atoms with Crippen LogP contribution in [0.5, 0.6) is 0 Å². The maximum absolute atomic E-state index is 9.07. The summed E-state index contributed by atoms with van der Waals surface area (Å²) in [5.41, 5.74) is 2.26. The molecule has 0 amide bonds. The van der Waals surface area contributed by atoms with Gasteiger partial charge < -0.3 is 10.4 Å². The molecule has 2 aromatic rings. The van der Waals surface area contributed by atoms with E-state index in [4.69, 9.17) is 5.11 Å². The zero-order chi connectivity index (χ0) is 14.9. The molecule has 0 aliphatic carbocycles. The van der Waals surface area contributed by atoms with Gasteiger partial charge in [-0.2, -0.15) is 5.10 Å². The molecule has 4 nitrogen and oxygen atoms in total. The van der Waals surface area contributed by atoms with Crippen molar-refractivity contribution >= 4 is 0 Å². The molecule has 1 aromatic carbocycles. The number of para-hydroxylation sites is 1. The van der Waals surface area contributed by atoms with Crippen molar-refractivity contribution in [1.29, 1.82) is 0 Å². The number of hydrogen-bond acceptors (Lipinski definition) is 3. The van der Waals surface area contributed by atoms with Crippen LogP contribution in [0.4, 0.5) is 0 Å². The van der Waals surface area contributed by atoms with E-state index in [1.165, 1.54) is 5.56 Å². The zero-order valence-electron chi connectivity index (χ0n) is 12.7. The van der Waals surface area contributed by atoms with E-state index in [0.717, 1.165) is 38.0 Å². The van der Waals surface area contributed by atoms with Gasteiger partial charge in [0.15, 0.2) is 0 Å². The van der Waals surface area contributed by atoms with Crippen LogP contribution in [0.15, 0.2) is 42.7 Å². The van der Waals surface area contributed by atoms with Crippen LogP contribution >= 0.6 is 0 Å². The molecule has 0 saturated heterocycles. The molecular formula is C17H25N3O. The molecule has 0 aliphatic rings. The van der Waals surface area contributed by atoms with Crippen molar-refractivity contribution in [2.75, 3.05) is 13.2 Å². The predicted octanol–water partition coefficient (Wildman–Crippen LogP) is 2.76. The molecule has 4 heteroatoms. The molecular weight excluding hydrogens is 262 g/mol. The second kappa shape index (κ2) is 8.60. The fourth-order valence-electron chi connectivity index (χ4n) is 2.53. The van der Waals surface area contributed by atoms with Crippen molar-refractivity contribution in [3.05, 3.63) is 48.3 Å². The van der Waals surface area contributed by atoms with Gasteiger partial charge in [-0.05, 0) is 37.4 Å². The SMILES string of the molecule is CCCC(CCO)CNCc1cnn(-c2ccccc2)c1. The van der Waals surface area contributed by atoms with Crippen molar-refractivity contribution in [3.63, 3.8) is 0 Å². The van der Waals surface area contributed by atoms with E-state index in [2.05, 4.69) is 23.5 Å². The second-order valence-electron chi connectivity index (χ2n) is 5.43. The van der Waals surface area contributed by atoms with Crippen LogP contribution in [0.25, 0.3) is 5.69 Å². The number of nitrogens with one attached hydrogen (secondary N) is 1. The summed E-state index contributed by atoms with van der Waals surface area (Å²) in [4.78, 5) is 0. The van der Waals surface area contributed by atoms with E-state index in [-0.39, 0.29) is 6.61 Å². The first-order valence-electron chi connectivity index (χ1n) is 7.74. The Bertz CT molecular complexity index is 504. The van der Waals surface area contributed by atoms with E-state index >= 15 is 0 Å². The van der Waals surface area contributed by atoms with Gasteiger partial charge in [-0.25, -0.2) is 4.68 Å². The highest BCUT2D eigenvalue weighted by atomic mass is 16.3. The Morgan fingerprint density at radius 1 is 1.24 bits per heavy atom. The molecule has 1 aromatic heterocycles. The first-order chi connectivity index (χ1) is 10.3. The summed E-state index contributed by atoms with van der Waals surface area (Å²) in [6.07, 6.45) is 7.17.